The maximum atomic E-state index is 10.6. The zero-order chi connectivity index (χ0) is 12.3. The average molecular weight is 238 g/mol. The standard InChI is InChI=1S/C12H14O5/c1-15-6-9-8(3-5-11(13)14)2-4-10-12(9)17-7-16-10/h2,4H,3,5-7H2,1H3,(H,13,14). The highest BCUT2D eigenvalue weighted by atomic mass is 16.7. The maximum Gasteiger partial charge on any atom is 0.303 e. The summed E-state index contributed by atoms with van der Waals surface area (Å²) in [6, 6.07) is 3.67. The lowest BCUT2D eigenvalue weighted by molar-refractivity contribution is -0.136. The zero-order valence-corrected chi connectivity index (χ0v) is 9.56. The molecule has 5 nitrogen and oxygen atoms in total. The van der Waals surface area contributed by atoms with Crippen molar-refractivity contribution in [1.29, 1.82) is 0 Å². The zero-order valence-electron chi connectivity index (χ0n) is 9.56. The van der Waals surface area contributed by atoms with Crippen LogP contribution in [0.3, 0.4) is 0 Å². The number of rotatable bonds is 5. The molecule has 1 aromatic rings. The minimum atomic E-state index is -0.814. The van der Waals surface area contributed by atoms with E-state index in [-0.39, 0.29) is 13.2 Å². The third-order valence-corrected chi connectivity index (χ3v) is 2.64. The van der Waals surface area contributed by atoms with Crippen molar-refractivity contribution < 1.29 is 24.1 Å². The summed E-state index contributed by atoms with van der Waals surface area (Å²) in [5, 5.41) is 8.70. The van der Waals surface area contributed by atoms with E-state index < -0.39 is 5.97 Å². The summed E-state index contributed by atoms with van der Waals surface area (Å²) in [6.45, 7) is 0.593. The molecule has 1 aliphatic rings. The molecule has 0 fully saturated rings. The molecule has 1 N–H and O–H groups in total. The molecule has 0 unspecified atom stereocenters. The second-order valence-corrected chi connectivity index (χ2v) is 3.76. The molecule has 1 aliphatic heterocycles. The predicted molar refractivity (Wildman–Crippen MR) is 59.2 cm³/mol. The summed E-state index contributed by atoms with van der Waals surface area (Å²) in [7, 11) is 1.59. The molecule has 1 heterocycles. The largest absolute Gasteiger partial charge is 0.481 e. The summed E-state index contributed by atoms with van der Waals surface area (Å²) in [4.78, 5) is 10.6. The molecular formula is C12H14O5. The van der Waals surface area contributed by atoms with Gasteiger partial charge in [-0.25, -0.2) is 0 Å². The molecule has 2 rings (SSSR count). The molecule has 5 heteroatoms. The fourth-order valence-electron chi connectivity index (χ4n) is 1.85. The van der Waals surface area contributed by atoms with Crippen LogP contribution in [0.5, 0.6) is 11.5 Å². The van der Waals surface area contributed by atoms with Gasteiger partial charge in [0.15, 0.2) is 11.5 Å². The lowest BCUT2D eigenvalue weighted by atomic mass is 10.0. The van der Waals surface area contributed by atoms with Gasteiger partial charge in [-0.2, -0.15) is 0 Å². The van der Waals surface area contributed by atoms with E-state index in [0.29, 0.717) is 24.5 Å². The molecule has 0 aromatic heterocycles. The van der Waals surface area contributed by atoms with E-state index in [2.05, 4.69) is 0 Å². The second kappa shape index (κ2) is 5.05. The first kappa shape index (κ1) is 11.7. The Kier molecular flexibility index (Phi) is 3.49. The number of hydrogen-bond donors (Lipinski definition) is 1. The smallest absolute Gasteiger partial charge is 0.303 e. The lowest BCUT2D eigenvalue weighted by Crippen LogP contribution is -2.02. The summed E-state index contributed by atoms with van der Waals surface area (Å²) in [6.07, 6.45) is 0.557. The van der Waals surface area contributed by atoms with Crippen molar-refractivity contribution >= 4 is 5.97 Å². The van der Waals surface area contributed by atoms with E-state index in [9.17, 15) is 4.79 Å². The predicted octanol–water partition coefficient (Wildman–Crippen LogP) is 1.58. The first-order valence-electron chi connectivity index (χ1n) is 5.33. The second-order valence-electron chi connectivity index (χ2n) is 3.76. The Morgan fingerprint density at radius 2 is 2.29 bits per heavy atom. The van der Waals surface area contributed by atoms with E-state index in [1.807, 2.05) is 6.07 Å². The highest BCUT2D eigenvalue weighted by molar-refractivity contribution is 5.67. The van der Waals surface area contributed by atoms with Gasteiger partial charge in [-0.15, -0.1) is 0 Å². The van der Waals surface area contributed by atoms with Crippen LogP contribution in [0.1, 0.15) is 17.5 Å². The highest BCUT2D eigenvalue weighted by Gasteiger charge is 2.20. The molecule has 0 aliphatic carbocycles. The lowest BCUT2D eigenvalue weighted by Gasteiger charge is -2.10. The van der Waals surface area contributed by atoms with Crippen molar-refractivity contribution in [3.05, 3.63) is 23.3 Å². The van der Waals surface area contributed by atoms with Gasteiger partial charge in [-0.1, -0.05) is 6.07 Å². The third kappa shape index (κ3) is 2.50. The number of ether oxygens (including phenoxy) is 3. The average Bonchev–Trinajstić information content (AvgIpc) is 2.76. The van der Waals surface area contributed by atoms with Crippen LogP contribution >= 0.6 is 0 Å². The number of fused-ring (bicyclic) bond motifs is 1. The summed E-state index contributed by atoms with van der Waals surface area (Å²) < 4.78 is 15.8. The molecule has 0 saturated heterocycles. The van der Waals surface area contributed by atoms with Crippen LogP contribution in [0.15, 0.2) is 12.1 Å². The van der Waals surface area contributed by atoms with E-state index in [1.165, 1.54) is 0 Å². The summed E-state index contributed by atoms with van der Waals surface area (Å²) >= 11 is 0. The van der Waals surface area contributed by atoms with Gasteiger partial charge in [0.1, 0.15) is 0 Å². The van der Waals surface area contributed by atoms with Gasteiger partial charge in [0.2, 0.25) is 6.79 Å². The topological polar surface area (TPSA) is 65.0 Å². The van der Waals surface area contributed by atoms with Crippen molar-refractivity contribution in [3.8, 4) is 11.5 Å². The van der Waals surface area contributed by atoms with Crippen molar-refractivity contribution in [3.63, 3.8) is 0 Å². The monoisotopic (exact) mass is 238 g/mol. The first-order chi connectivity index (χ1) is 8.22. The van der Waals surface area contributed by atoms with Crippen molar-refractivity contribution in [1.82, 2.24) is 0 Å². The third-order valence-electron chi connectivity index (χ3n) is 2.64. The molecule has 0 saturated carbocycles. The molecule has 0 bridgehead atoms. The number of methoxy groups -OCH3 is 1. The van der Waals surface area contributed by atoms with Gasteiger partial charge >= 0.3 is 5.97 Å². The highest BCUT2D eigenvalue weighted by Crippen LogP contribution is 2.38. The molecule has 1 aromatic carbocycles. The van der Waals surface area contributed by atoms with E-state index in [1.54, 1.807) is 13.2 Å². The molecule has 0 atom stereocenters. The van der Waals surface area contributed by atoms with Gasteiger partial charge in [-0.05, 0) is 18.1 Å². The first-order valence-corrected chi connectivity index (χ1v) is 5.33. The van der Waals surface area contributed by atoms with Gasteiger partial charge < -0.3 is 19.3 Å². The van der Waals surface area contributed by atoms with Crippen LogP contribution in [0.25, 0.3) is 0 Å². The number of aliphatic carboxylic acids is 1. The number of carboxylic acids is 1. The fraction of sp³-hybridized carbons (Fsp3) is 0.417. The summed E-state index contributed by atoms with van der Waals surface area (Å²) in [5.74, 6) is 0.553. The molecule has 0 spiro atoms. The number of benzene rings is 1. The van der Waals surface area contributed by atoms with Gasteiger partial charge in [0.25, 0.3) is 0 Å². The fourth-order valence-corrected chi connectivity index (χ4v) is 1.85. The quantitative estimate of drug-likeness (QED) is 0.843. The van der Waals surface area contributed by atoms with Crippen LogP contribution < -0.4 is 9.47 Å². The molecule has 0 radical (unpaired) electrons. The SMILES string of the molecule is COCc1c(CCC(=O)O)ccc2c1OCO2. The van der Waals surface area contributed by atoms with Crippen molar-refractivity contribution in [2.24, 2.45) is 0 Å². The van der Waals surface area contributed by atoms with E-state index in [0.717, 1.165) is 11.1 Å². The Morgan fingerprint density at radius 1 is 1.47 bits per heavy atom. The van der Waals surface area contributed by atoms with Gasteiger partial charge in [0, 0.05) is 19.1 Å². The molecule has 17 heavy (non-hydrogen) atoms. The molecule has 0 amide bonds. The van der Waals surface area contributed by atoms with Crippen LogP contribution in [0.4, 0.5) is 0 Å². The van der Waals surface area contributed by atoms with E-state index in [4.69, 9.17) is 19.3 Å². The normalized spacial score (nSPS) is 12.8. The number of hydrogen-bond acceptors (Lipinski definition) is 4. The minimum absolute atomic E-state index is 0.0936. The van der Waals surface area contributed by atoms with E-state index >= 15 is 0 Å². The Bertz CT molecular complexity index is 427. The Hall–Kier alpha value is -1.75. The minimum Gasteiger partial charge on any atom is -0.481 e. The number of carboxylic acid groups (broad SMARTS) is 1. The Balaban J connectivity index is 2.27. The Labute approximate surface area is 98.9 Å². The molecule has 92 valence electrons. The van der Waals surface area contributed by atoms with Crippen LogP contribution in [-0.4, -0.2) is 25.0 Å². The van der Waals surface area contributed by atoms with Crippen molar-refractivity contribution in [2.45, 2.75) is 19.4 Å². The van der Waals surface area contributed by atoms with Crippen LogP contribution in [0.2, 0.25) is 0 Å². The number of carbonyl (C=O) groups is 1. The Morgan fingerprint density at radius 3 is 3.00 bits per heavy atom. The van der Waals surface area contributed by atoms with Crippen molar-refractivity contribution in [2.75, 3.05) is 13.9 Å². The van der Waals surface area contributed by atoms with Gasteiger partial charge in [0.05, 0.1) is 6.61 Å². The summed E-state index contributed by atoms with van der Waals surface area (Å²) in [5.41, 5.74) is 1.81. The van der Waals surface area contributed by atoms with Gasteiger partial charge in [-0.3, -0.25) is 4.79 Å². The number of aryl methyl sites for hydroxylation is 1. The maximum absolute atomic E-state index is 10.6. The van der Waals surface area contributed by atoms with Crippen LogP contribution in [0, 0.1) is 0 Å². The molecular weight excluding hydrogens is 224 g/mol. The van der Waals surface area contributed by atoms with Crippen LogP contribution in [-0.2, 0) is 22.6 Å².